The third-order valence-electron chi connectivity index (χ3n) is 4.78. The van der Waals surface area contributed by atoms with E-state index in [-0.39, 0.29) is 6.04 Å². The van der Waals surface area contributed by atoms with Crippen LogP contribution in [-0.2, 0) is 0 Å². The molecular formula is C18H24N4O2. The number of amides is 1. The summed E-state index contributed by atoms with van der Waals surface area (Å²) in [5, 5.41) is 1.87. The zero-order valence-electron chi connectivity index (χ0n) is 14.2. The number of carbonyl (C=O) groups is 1. The molecule has 6 nitrogen and oxygen atoms in total. The molecule has 1 fully saturated rings. The molecule has 24 heavy (non-hydrogen) atoms. The van der Waals surface area contributed by atoms with Crippen molar-refractivity contribution in [2.75, 3.05) is 25.1 Å². The van der Waals surface area contributed by atoms with Crippen molar-refractivity contribution in [3.8, 4) is 5.75 Å². The standard InChI is InChI=1S/C18H24N4O2/c1-3-11-6-13(19)10-22(9-11)18-14-8-16(24-2)15(17(20)23)7-12(14)4-5-21-18/h4-5,7-8,11,13H,3,6,9-10,19H2,1-2H3,(H2,20,23)/t11-,13-/m0/s1. The molecule has 128 valence electrons. The van der Waals surface area contributed by atoms with Gasteiger partial charge in [0.25, 0.3) is 5.91 Å². The van der Waals surface area contributed by atoms with Gasteiger partial charge >= 0.3 is 0 Å². The fraction of sp³-hybridized carbons (Fsp3) is 0.444. The highest BCUT2D eigenvalue weighted by Crippen LogP contribution is 2.33. The van der Waals surface area contributed by atoms with Crippen molar-refractivity contribution in [1.29, 1.82) is 0 Å². The number of primary amides is 1. The average molecular weight is 328 g/mol. The number of ether oxygens (including phenoxy) is 1. The van der Waals surface area contributed by atoms with Crippen LogP contribution in [0.4, 0.5) is 5.82 Å². The summed E-state index contributed by atoms with van der Waals surface area (Å²) in [4.78, 5) is 18.5. The van der Waals surface area contributed by atoms with Gasteiger partial charge in [-0.1, -0.05) is 13.3 Å². The van der Waals surface area contributed by atoms with Gasteiger partial charge in [-0.3, -0.25) is 4.79 Å². The maximum Gasteiger partial charge on any atom is 0.252 e. The number of piperidine rings is 1. The Labute approximate surface area is 141 Å². The van der Waals surface area contributed by atoms with Crippen LogP contribution in [0.1, 0.15) is 30.1 Å². The van der Waals surface area contributed by atoms with E-state index in [2.05, 4.69) is 16.8 Å². The molecular weight excluding hydrogens is 304 g/mol. The molecule has 1 aromatic heterocycles. The van der Waals surface area contributed by atoms with E-state index in [1.807, 2.05) is 12.1 Å². The summed E-state index contributed by atoms with van der Waals surface area (Å²) in [6.45, 7) is 3.91. The number of aromatic nitrogens is 1. The Kier molecular flexibility index (Phi) is 4.57. The fourth-order valence-corrected chi connectivity index (χ4v) is 3.51. The van der Waals surface area contributed by atoms with Crippen molar-refractivity contribution in [2.45, 2.75) is 25.8 Å². The van der Waals surface area contributed by atoms with Crippen LogP contribution in [0.5, 0.6) is 5.75 Å². The van der Waals surface area contributed by atoms with Crippen molar-refractivity contribution in [3.63, 3.8) is 0 Å². The first-order valence-electron chi connectivity index (χ1n) is 8.30. The van der Waals surface area contributed by atoms with E-state index >= 15 is 0 Å². The number of rotatable bonds is 4. The average Bonchev–Trinajstić information content (AvgIpc) is 2.59. The molecule has 0 aliphatic carbocycles. The molecule has 1 amide bonds. The van der Waals surface area contributed by atoms with Crippen LogP contribution in [0.2, 0.25) is 0 Å². The topological polar surface area (TPSA) is 94.5 Å². The van der Waals surface area contributed by atoms with Gasteiger partial charge in [-0.25, -0.2) is 4.98 Å². The maximum atomic E-state index is 11.6. The SMILES string of the molecule is CC[C@H]1C[C@H](N)CN(c2nccc3cc(C(N)=O)c(OC)cc23)C1. The number of hydrogen-bond acceptors (Lipinski definition) is 5. The number of fused-ring (bicyclic) bond motifs is 1. The normalized spacial score (nSPS) is 21.0. The summed E-state index contributed by atoms with van der Waals surface area (Å²) >= 11 is 0. The van der Waals surface area contributed by atoms with Gasteiger partial charge in [-0.15, -0.1) is 0 Å². The third-order valence-corrected chi connectivity index (χ3v) is 4.78. The number of pyridine rings is 1. The monoisotopic (exact) mass is 328 g/mol. The van der Waals surface area contributed by atoms with E-state index < -0.39 is 5.91 Å². The predicted molar refractivity (Wildman–Crippen MR) is 95.4 cm³/mol. The Hall–Kier alpha value is -2.34. The molecule has 2 atom stereocenters. The summed E-state index contributed by atoms with van der Waals surface area (Å²) in [5.74, 6) is 1.42. The Bertz CT molecular complexity index is 762. The van der Waals surface area contributed by atoms with E-state index in [0.29, 0.717) is 17.2 Å². The lowest BCUT2D eigenvalue weighted by Crippen LogP contribution is -2.47. The zero-order valence-corrected chi connectivity index (χ0v) is 14.2. The fourth-order valence-electron chi connectivity index (χ4n) is 3.51. The largest absolute Gasteiger partial charge is 0.496 e. The summed E-state index contributed by atoms with van der Waals surface area (Å²) in [7, 11) is 1.54. The number of carbonyl (C=O) groups excluding carboxylic acids is 1. The molecule has 3 rings (SSSR count). The molecule has 1 aliphatic rings. The quantitative estimate of drug-likeness (QED) is 0.894. The van der Waals surface area contributed by atoms with E-state index in [1.165, 1.54) is 7.11 Å². The Morgan fingerprint density at radius 1 is 1.42 bits per heavy atom. The first kappa shape index (κ1) is 16.5. The summed E-state index contributed by atoms with van der Waals surface area (Å²) < 4.78 is 5.35. The van der Waals surface area contributed by atoms with Crippen LogP contribution in [0.3, 0.4) is 0 Å². The predicted octanol–water partition coefficient (Wildman–Crippen LogP) is 1.91. The minimum Gasteiger partial charge on any atom is -0.496 e. The number of methoxy groups -OCH3 is 1. The molecule has 0 radical (unpaired) electrons. The van der Waals surface area contributed by atoms with Crippen molar-refractivity contribution in [1.82, 2.24) is 4.98 Å². The number of anilines is 1. The Morgan fingerprint density at radius 2 is 2.21 bits per heavy atom. The summed E-state index contributed by atoms with van der Waals surface area (Å²) in [6.07, 6.45) is 3.91. The number of nitrogens with zero attached hydrogens (tertiary/aromatic N) is 2. The van der Waals surface area contributed by atoms with Crippen LogP contribution in [0.25, 0.3) is 10.8 Å². The lowest BCUT2D eigenvalue weighted by molar-refractivity contribution is 0.0997. The highest BCUT2D eigenvalue weighted by molar-refractivity contribution is 6.03. The van der Waals surface area contributed by atoms with Gasteiger partial charge < -0.3 is 21.1 Å². The summed E-state index contributed by atoms with van der Waals surface area (Å²) in [6, 6.07) is 5.64. The zero-order chi connectivity index (χ0) is 17.3. The minimum absolute atomic E-state index is 0.146. The lowest BCUT2D eigenvalue weighted by Gasteiger charge is -2.37. The van der Waals surface area contributed by atoms with Gasteiger partial charge in [0.1, 0.15) is 11.6 Å². The van der Waals surface area contributed by atoms with Crippen LogP contribution < -0.4 is 21.1 Å². The van der Waals surface area contributed by atoms with Crippen LogP contribution in [-0.4, -0.2) is 37.1 Å². The second kappa shape index (κ2) is 6.65. The van der Waals surface area contributed by atoms with Gasteiger partial charge in [0.15, 0.2) is 0 Å². The highest BCUT2D eigenvalue weighted by atomic mass is 16.5. The molecule has 1 aromatic carbocycles. The molecule has 4 N–H and O–H groups in total. The van der Waals surface area contributed by atoms with Crippen LogP contribution in [0, 0.1) is 5.92 Å². The first-order valence-corrected chi connectivity index (χ1v) is 8.30. The molecule has 6 heteroatoms. The van der Waals surface area contributed by atoms with Crippen molar-refractivity contribution >= 4 is 22.5 Å². The molecule has 0 bridgehead atoms. The second-order valence-corrected chi connectivity index (χ2v) is 6.45. The molecule has 0 saturated carbocycles. The smallest absolute Gasteiger partial charge is 0.252 e. The van der Waals surface area contributed by atoms with E-state index in [9.17, 15) is 4.79 Å². The highest BCUT2D eigenvalue weighted by Gasteiger charge is 2.26. The van der Waals surface area contributed by atoms with Gasteiger partial charge in [0.05, 0.1) is 12.7 Å². The summed E-state index contributed by atoms with van der Waals surface area (Å²) in [5.41, 5.74) is 12.1. The van der Waals surface area contributed by atoms with Crippen LogP contribution >= 0.6 is 0 Å². The van der Waals surface area contributed by atoms with E-state index in [0.717, 1.165) is 42.5 Å². The van der Waals surface area contributed by atoms with E-state index in [4.69, 9.17) is 16.2 Å². The van der Waals surface area contributed by atoms with Crippen molar-refractivity contribution < 1.29 is 9.53 Å². The maximum absolute atomic E-state index is 11.6. The molecule has 1 aliphatic heterocycles. The van der Waals surface area contributed by atoms with Crippen molar-refractivity contribution in [2.24, 2.45) is 17.4 Å². The number of hydrogen-bond donors (Lipinski definition) is 2. The molecule has 0 spiro atoms. The molecule has 2 aromatic rings. The third kappa shape index (κ3) is 3.01. The Morgan fingerprint density at radius 3 is 2.88 bits per heavy atom. The van der Waals surface area contributed by atoms with Gasteiger partial charge in [0.2, 0.25) is 0 Å². The van der Waals surface area contributed by atoms with Gasteiger partial charge in [-0.2, -0.15) is 0 Å². The number of benzene rings is 1. The molecule has 2 heterocycles. The van der Waals surface area contributed by atoms with Gasteiger partial charge in [0, 0.05) is 30.7 Å². The first-order chi connectivity index (χ1) is 11.5. The van der Waals surface area contributed by atoms with Crippen LogP contribution in [0.15, 0.2) is 24.4 Å². The molecule has 0 unspecified atom stereocenters. The molecule has 1 saturated heterocycles. The number of nitrogens with two attached hydrogens (primary N) is 2. The Balaban J connectivity index is 2.10. The van der Waals surface area contributed by atoms with E-state index in [1.54, 1.807) is 12.3 Å². The minimum atomic E-state index is -0.502. The van der Waals surface area contributed by atoms with Gasteiger partial charge in [-0.05, 0) is 35.9 Å². The lowest BCUT2D eigenvalue weighted by atomic mass is 9.92. The second-order valence-electron chi connectivity index (χ2n) is 6.45. The van der Waals surface area contributed by atoms with Crippen molar-refractivity contribution in [3.05, 3.63) is 30.0 Å².